The molecule has 1 aromatic carbocycles. The highest BCUT2D eigenvalue weighted by Crippen LogP contribution is 2.33. The molecule has 1 amide bonds. The van der Waals surface area contributed by atoms with Gasteiger partial charge in [0.25, 0.3) is 0 Å². The summed E-state index contributed by atoms with van der Waals surface area (Å²) in [6.45, 7) is 3.94. The number of benzene rings is 1. The predicted octanol–water partition coefficient (Wildman–Crippen LogP) is 2.68. The van der Waals surface area contributed by atoms with Crippen molar-refractivity contribution in [1.29, 1.82) is 0 Å². The van der Waals surface area contributed by atoms with E-state index in [1.165, 1.54) is 0 Å². The van der Waals surface area contributed by atoms with Crippen molar-refractivity contribution in [1.82, 2.24) is 9.78 Å². The largest absolute Gasteiger partial charge is 0.310 e. The van der Waals surface area contributed by atoms with Gasteiger partial charge in [-0.25, -0.2) is 13.1 Å². The minimum Gasteiger partial charge on any atom is -0.310 e. The van der Waals surface area contributed by atoms with E-state index in [-0.39, 0.29) is 23.3 Å². The van der Waals surface area contributed by atoms with E-state index in [2.05, 4.69) is 10.4 Å². The summed E-state index contributed by atoms with van der Waals surface area (Å²) in [5.74, 6) is 0.139. The van der Waals surface area contributed by atoms with Gasteiger partial charge < -0.3 is 5.32 Å². The molecule has 0 atom stereocenters. The summed E-state index contributed by atoms with van der Waals surface area (Å²) in [5.41, 5.74) is 1.93. The average Bonchev–Trinajstić information content (AvgIpc) is 3.02. The second-order valence-electron chi connectivity index (χ2n) is 6.06. The van der Waals surface area contributed by atoms with Crippen LogP contribution >= 0.6 is 0 Å². The normalized spacial score (nSPS) is 15.5. The first-order chi connectivity index (χ1) is 11.4. The number of nitrogens with zero attached hydrogens (tertiary/aromatic N) is 2. The number of nitrogens with one attached hydrogen (secondary N) is 1. The average molecular weight is 347 g/mol. The van der Waals surface area contributed by atoms with Crippen LogP contribution in [-0.2, 0) is 26.1 Å². The van der Waals surface area contributed by atoms with Gasteiger partial charge in [-0.2, -0.15) is 5.10 Å². The molecule has 2 heterocycles. The van der Waals surface area contributed by atoms with Crippen molar-refractivity contribution in [2.75, 3.05) is 5.32 Å². The molecule has 1 N–H and O–H groups in total. The van der Waals surface area contributed by atoms with E-state index < -0.39 is 9.84 Å². The molecule has 6 nitrogen and oxygen atoms in total. The van der Waals surface area contributed by atoms with Gasteiger partial charge in [-0.1, -0.05) is 32.0 Å². The van der Waals surface area contributed by atoms with Gasteiger partial charge in [-0.05, 0) is 25.0 Å². The molecule has 2 aromatic rings. The number of hydrogen-bond donors (Lipinski definition) is 1. The van der Waals surface area contributed by atoms with Crippen LogP contribution in [0.2, 0.25) is 0 Å². The highest BCUT2D eigenvalue weighted by molar-refractivity contribution is 7.90. The van der Waals surface area contributed by atoms with Crippen molar-refractivity contribution in [3.05, 3.63) is 41.6 Å². The van der Waals surface area contributed by atoms with E-state index in [0.29, 0.717) is 17.1 Å². The summed E-state index contributed by atoms with van der Waals surface area (Å²) in [5, 5.41) is 7.37. The fourth-order valence-corrected chi connectivity index (χ4v) is 4.50. The lowest BCUT2D eigenvalue weighted by atomic mass is 10.0. The number of fused-ring (bicyclic) bond motifs is 1. The number of anilines is 1. The van der Waals surface area contributed by atoms with Crippen LogP contribution in [0.5, 0.6) is 0 Å². The number of carbonyl (C=O) groups excluding carboxylic acids is 1. The van der Waals surface area contributed by atoms with Crippen molar-refractivity contribution in [3.63, 3.8) is 0 Å². The maximum atomic E-state index is 12.5. The van der Waals surface area contributed by atoms with Crippen LogP contribution in [0.4, 0.5) is 5.82 Å². The van der Waals surface area contributed by atoms with E-state index in [0.717, 1.165) is 18.5 Å². The van der Waals surface area contributed by atoms with Crippen LogP contribution in [0.15, 0.2) is 30.3 Å². The number of carbonyl (C=O) groups is 1. The molecule has 0 saturated carbocycles. The standard InChI is InChI=1S/C17H21N3O3S/c1-3-12(4-2)17(21)18-16-14-10-24(22,23)11-15(14)19-20(16)13-8-6-5-7-9-13/h5-9,12H,3-4,10-11H2,1-2H3,(H,18,21). The summed E-state index contributed by atoms with van der Waals surface area (Å²) in [6.07, 6.45) is 1.48. The van der Waals surface area contributed by atoms with Crippen molar-refractivity contribution in [3.8, 4) is 5.69 Å². The monoisotopic (exact) mass is 347 g/mol. The van der Waals surface area contributed by atoms with Crippen LogP contribution in [0, 0.1) is 5.92 Å². The molecule has 128 valence electrons. The maximum Gasteiger partial charge on any atom is 0.228 e. The van der Waals surface area contributed by atoms with E-state index in [1.54, 1.807) is 4.68 Å². The van der Waals surface area contributed by atoms with Crippen LogP contribution in [0.3, 0.4) is 0 Å². The van der Waals surface area contributed by atoms with Crippen molar-refractivity contribution in [2.24, 2.45) is 5.92 Å². The van der Waals surface area contributed by atoms with E-state index in [9.17, 15) is 13.2 Å². The molecule has 0 aliphatic carbocycles. The smallest absolute Gasteiger partial charge is 0.228 e. The Balaban J connectivity index is 2.04. The quantitative estimate of drug-likeness (QED) is 0.901. The Labute approximate surface area is 141 Å². The highest BCUT2D eigenvalue weighted by Gasteiger charge is 2.33. The summed E-state index contributed by atoms with van der Waals surface area (Å²) >= 11 is 0. The zero-order chi connectivity index (χ0) is 17.3. The first kappa shape index (κ1) is 16.7. The molecule has 0 spiro atoms. The zero-order valence-electron chi connectivity index (χ0n) is 13.8. The number of sulfone groups is 1. The Morgan fingerprint density at radius 2 is 1.88 bits per heavy atom. The number of aromatic nitrogens is 2. The minimum absolute atomic E-state index is 0.0734. The Hall–Kier alpha value is -2.15. The van der Waals surface area contributed by atoms with Crippen molar-refractivity contribution >= 4 is 21.6 Å². The lowest BCUT2D eigenvalue weighted by Crippen LogP contribution is -2.24. The Morgan fingerprint density at radius 3 is 2.50 bits per heavy atom. The third kappa shape index (κ3) is 3.08. The van der Waals surface area contributed by atoms with Crippen LogP contribution in [0.1, 0.15) is 37.9 Å². The summed E-state index contributed by atoms with van der Waals surface area (Å²) in [6, 6.07) is 9.41. The molecule has 3 rings (SSSR count). The molecule has 0 fully saturated rings. The van der Waals surface area contributed by atoms with E-state index >= 15 is 0 Å². The minimum atomic E-state index is -3.18. The number of rotatable bonds is 5. The molecular weight excluding hydrogens is 326 g/mol. The van der Waals surface area contributed by atoms with E-state index in [4.69, 9.17) is 0 Å². The molecule has 0 saturated heterocycles. The van der Waals surface area contributed by atoms with Gasteiger partial charge in [-0.3, -0.25) is 4.79 Å². The van der Waals surface area contributed by atoms with Gasteiger partial charge in [0.15, 0.2) is 9.84 Å². The molecular formula is C17H21N3O3S. The van der Waals surface area contributed by atoms with Gasteiger partial charge in [0.05, 0.1) is 22.9 Å². The van der Waals surface area contributed by atoms with Crippen LogP contribution in [-0.4, -0.2) is 24.1 Å². The highest BCUT2D eigenvalue weighted by atomic mass is 32.2. The van der Waals surface area contributed by atoms with Crippen molar-refractivity contribution < 1.29 is 13.2 Å². The van der Waals surface area contributed by atoms with Gasteiger partial charge in [0.2, 0.25) is 5.91 Å². The zero-order valence-corrected chi connectivity index (χ0v) is 14.6. The number of para-hydroxylation sites is 1. The fourth-order valence-electron chi connectivity index (χ4n) is 3.01. The third-order valence-electron chi connectivity index (χ3n) is 4.39. The predicted molar refractivity (Wildman–Crippen MR) is 92.6 cm³/mol. The molecule has 1 aliphatic rings. The molecule has 1 aromatic heterocycles. The summed E-state index contributed by atoms with van der Waals surface area (Å²) in [4.78, 5) is 12.5. The lowest BCUT2D eigenvalue weighted by molar-refractivity contribution is -0.120. The third-order valence-corrected chi connectivity index (χ3v) is 5.83. The first-order valence-corrected chi connectivity index (χ1v) is 9.94. The number of hydrogen-bond acceptors (Lipinski definition) is 4. The van der Waals surface area contributed by atoms with Gasteiger partial charge >= 0.3 is 0 Å². The molecule has 0 unspecified atom stereocenters. The fraction of sp³-hybridized carbons (Fsp3) is 0.412. The van der Waals surface area contributed by atoms with E-state index in [1.807, 2.05) is 44.2 Å². The summed E-state index contributed by atoms with van der Waals surface area (Å²) in [7, 11) is -3.18. The first-order valence-electron chi connectivity index (χ1n) is 8.12. The topological polar surface area (TPSA) is 81.1 Å². The number of amides is 1. The molecule has 24 heavy (non-hydrogen) atoms. The Morgan fingerprint density at radius 1 is 1.21 bits per heavy atom. The molecule has 1 aliphatic heterocycles. The molecule has 0 bridgehead atoms. The SMILES string of the molecule is CCC(CC)C(=O)Nc1c2c(nn1-c1ccccc1)CS(=O)(=O)C2. The van der Waals surface area contributed by atoms with Gasteiger partial charge in [0.1, 0.15) is 5.82 Å². The van der Waals surface area contributed by atoms with Gasteiger partial charge in [-0.15, -0.1) is 0 Å². The summed E-state index contributed by atoms with van der Waals surface area (Å²) < 4.78 is 25.5. The second-order valence-corrected chi connectivity index (χ2v) is 8.12. The van der Waals surface area contributed by atoms with Crippen LogP contribution < -0.4 is 5.32 Å². The maximum absolute atomic E-state index is 12.5. The Bertz CT molecular complexity index is 853. The molecule has 0 radical (unpaired) electrons. The Kier molecular flexibility index (Phi) is 4.45. The van der Waals surface area contributed by atoms with Crippen molar-refractivity contribution in [2.45, 2.75) is 38.2 Å². The second kappa shape index (κ2) is 6.39. The van der Waals surface area contributed by atoms with Crippen LogP contribution in [0.25, 0.3) is 5.69 Å². The molecule has 7 heteroatoms. The lowest BCUT2D eigenvalue weighted by Gasteiger charge is -2.15. The van der Waals surface area contributed by atoms with Gasteiger partial charge in [0, 0.05) is 11.5 Å².